The zero-order chi connectivity index (χ0) is 14.7. The largest absolute Gasteiger partial charge is 0.395 e. The Labute approximate surface area is 124 Å². The maximum atomic E-state index is 13.9. The number of benzene rings is 1. The highest BCUT2D eigenvalue weighted by molar-refractivity contribution is 9.10. The number of carbonyl (C=O) groups is 1. The fourth-order valence-corrected chi connectivity index (χ4v) is 3.07. The fraction of sp³-hybridized carbons (Fsp3) is 0.500. The second-order valence-corrected chi connectivity index (χ2v) is 5.82. The summed E-state index contributed by atoms with van der Waals surface area (Å²) < 4.78 is 28.0. The highest BCUT2D eigenvalue weighted by Crippen LogP contribution is 2.27. The lowest BCUT2D eigenvalue weighted by Crippen LogP contribution is -2.41. The third kappa shape index (κ3) is 3.17. The van der Waals surface area contributed by atoms with E-state index in [1.807, 2.05) is 0 Å². The minimum absolute atomic E-state index is 0.0444. The van der Waals surface area contributed by atoms with Crippen LogP contribution in [0.4, 0.5) is 8.78 Å². The molecule has 1 aromatic rings. The summed E-state index contributed by atoms with van der Waals surface area (Å²) in [5.41, 5.74) is -0.548. The smallest absolute Gasteiger partial charge is 0.260 e. The van der Waals surface area contributed by atoms with E-state index in [1.54, 1.807) is 0 Å². The first kappa shape index (κ1) is 15.4. The summed E-state index contributed by atoms with van der Waals surface area (Å²) in [6.45, 7) is -0.125. The van der Waals surface area contributed by atoms with E-state index in [0.29, 0.717) is 0 Å². The van der Waals surface area contributed by atoms with Gasteiger partial charge in [-0.1, -0.05) is 28.8 Å². The van der Waals surface area contributed by atoms with Gasteiger partial charge in [-0.05, 0) is 25.0 Å². The summed E-state index contributed by atoms with van der Waals surface area (Å²) >= 11 is 2.99. The second kappa shape index (κ2) is 6.63. The summed E-state index contributed by atoms with van der Waals surface area (Å²) in [5.74, 6) is -2.46. The molecule has 0 spiro atoms. The van der Waals surface area contributed by atoms with Crippen molar-refractivity contribution >= 4 is 21.8 Å². The summed E-state index contributed by atoms with van der Waals surface area (Å²) in [7, 11) is 0. The molecule has 1 saturated carbocycles. The molecule has 0 aromatic heterocycles. The monoisotopic (exact) mass is 347 g/mol. The van der Waals surface area contributed by atoms with E-state index in [0.717, 1.165) is 37.8 Å². The average Bonchev–Trinajstić information content (AvgIpc) is 2.87. The molecule has 0 saturated heterocycles. The molecule has 1 amide bonds. The molecule has 1 aliphatic carbocycles. The molecule has 1 aliphatic rings. The maximum Gasteiger partial charge on any atom is 0.260 e. The second-order valence-electron chi connectivity index (χ2n) is 4.90. The highest BCUT2D eigenvalue weighted by Gasteiger charge is 2.30. The van der Waals surface area contributed by atoms with Crippen LogP contribution in [-0.2, 0) is 0 Å². The van der Waals surface area contributed by atoms with Crippen molar-refractivity contribution in [2.24, 2.45) is 0 Å². The van der Waals surface area contributed by atoms with Gasteiger partial charge in [0.2, 0.25) is 0 Å². The van der Waals surface area contributed by atoms with E-state index in [2.05, 4.69) is 15.9 Å². The molecule has 0 atom stereocenters. The first-order chi connectivity index (χ1) is 9.54. The Morgan fingerprint density at radius 2 is 1.85 bits per heavy atom. The topological polar surface area (TPSA) is 40.5 Å². The van der Waals surface area contributed by atoms with E-state index in [9.17, 15) is 13.6 Å². The van der Waals surface area contributed by atoms with Crippen molar-refractivity contribution in [2.75, 3.05) is 13.2 Å². The molecule has 1 N–H and O–H groups in total. The number of hydrogen-bond donors (Lipinski definition) is 1. The van der Waals surface area contributed by atoms with Crippen molar-refractivity contribution in [2.45, 2.75) is 31.7 Å². The van der Waals surface area contributed by atoms with Crippen LogP contribution in [0.25, 0.3) is 0 Å². The highest BCUT2D eigenvalue weighted by atomic mass is 79.9. The zero-order valence-corrected chi connectivity index (χ0v) is 12.5. The number of rotatable bonds is 4. The minimum Gasteiger partial charge on any atom is -0.395 e. The van der Waals surface area contributed by atoms with Gasteiger partial charge in [0.05, 0.1) is 6.61 Å². The van der Waals surface area contributed by atoms with Crippen LogP contribution in [0.5, 0.6) is 0 Å². The molecule has 0 heterocycles. The molecule has 110 valence electrons. The van der Waals surface area contributed by atoms with Gasteiger partial charge < -0.3 is 10.0 Å². The summed E-state index contributed by atoms with van der Waals surface area (Å²) in [6.07, 6.45) is 3.60. The van der Waals surface area contributed by atoms with Gasteiger partial charge in [0.25, 0.3) is 5.91 Å². The van der Waals surface area contributed by atoms with Crippen molar-refractivity contribution < 1.29 is 18.7 Å². The van der Waals surface area contributed by atoms with Gasteiger partial charge in [0, 0.05) is 17.1 Å². The number of hydrogen-bond acceptors (Lipinski definition) is 2. The molecule has 1 aromatic carbocycles. The zero-order valence-electron chi connectivity index (χ0n) is 10.9. The quantitative estimate of drug-likeness (QED) is 0.908. The molecule has 20 heavy (non-hydrogen) atoms. The van der Waals surface area contributed by atoms with Crippen LogP contribution < -0.4 is 0 Å². The van der Waals surface area contributed by atoms with Gasteiger partial charge in [0.15, 0.2) is 0 Å². The van der Waals surface area contributed by atoms with Crippen molar-refractivity contribution in [3.8, 4) is 0 Å². The molecule has 2 rings (SSSR count). The van der Waals surface area contributed by atoms with E-state index < -0.39 is 23.1 Å². The van der Waals surface area contributed by atoms with Gasteiger partial charge in [-0.15, -0.1) is 0 Å². The molecule has 3 nitrogen and oxygen atoms in total. The lowest BCUT2D eigenvalue weighted by molar-refractivity contribution is 0.0628. The van der Waals surface area contributed by atoms with Crippen LogP contribution in [-0.4, -0.2) is 35.1 Å². The number of aliphatic hydroxyl groups is 1. The van der Waals surface area contributed by atoms with E-state index in [4.69, 9.17) is 5.11 Å². The number of carbonyl (C=O) groups excluding carboxylic acids is 1. The van der Waals surface area contributed by atoms with E-state index >= 15 is 0 Å². The Morgan fingerprint density at radius 3 is 2.35 bits per heavy atom. The SMILES string of the molecule is O=C(c1c(F)cc(Br)cc1F)N(CCO)C1CCCC1. The molecule has 0 unspecified atom stereocenters. The van der Waals surface area contributed by atoms with Crippen LogP contribution in [0.15, 0.2) is 16.6 Å². The van der Waals surface area contributed by atoms with Crippen molar-refractivity contribution in [3.05, 3.63) is 33.8 Å². The maximum absolute atomic E-state index is 13.9. The van der Waals surface area contributed by atoms with Gasteiger partial charge >= 0.3 is 0 Å². The Balaban J connectivity index is 2.31. The van der Waals surface area contributed by atoms with Crippen molar-refractivity contribution in [1.82, 2.24) is 4.90 Å². The Morgan fingerprint density at radius 1 is 1.30 bits per heavy atom. The molecule has 1 fully saturated rings. The summed E-state index contributed by atoms with van der Waals surface area (Å²) in [5, 5.41) is 9.09. The predicted molar refractivity (Wildman–Crippen MR) is 74.4 cm³/mol. The van der Waals surface area contributed by atoms with E-state index in [1.165, 1.54) is 4.90 Å². The van der Waals surface area contributed by atoms with Crippen LogP contribution in [0.2, 0.25) is 0 Å². The van der Waals surface area contributed by atoms with Gasteiger partial charge in [0.1, 0.15) is 17.2 Å². The number of halogens is 3. The minimum atomic E-state index is -0.886. The summed E-state index contributed by atoms with van der Waals surface area (Å²) in [4.78, 5) is 13.8. The van der Waals surface area contributed by atoms with Crippen LogP contribution in [0.3, 0.4) is 0 Å². The molecule has 0 aliphatic heterocycles. The van der Waals surface area contributed by atoms with Crippen LogP contribution in [0, 0.1) is 11.6 Å². The first-order valence-electron chi connectivity index (χ1n) is 6.61. The van der Waals surface area contributed by atoms with Crippen LogP contribution in [0.1, 0.15) is 36.0 Å². The summed E-state index contributed by atoms with van der Waals surface area (Å²) in [6, 6.07) is 2.10. The number of aliphatic hydroxyl groups excluding tert-OH is 1. The molecular formula is C14H16BrF2NO2. The molecule has 0 bridgehead atoms. The van der Waals surface area contributed by atoms with E-state index in [-0.39, 0.29) is 23.7 Å². The third-order valence-corrected chi connectivity index (χ3v) is 4.05. The predicted octanol–water partition coefficient (Wildman–Crippen LogP) is 3.10. The third-order valence-electron chi connectivity index (χ3n) is 3.59. The van der Waals surface area contributed by atoms with Crippen molar-refractivity contribution in [3.63, 3.8) is 0 Å². The van der Waals surface area contributed by atoms with Gasteiger partial charge in [-0.25, -0.2) is 8.78 Å². The Bertz CT molecular complexity index is 481. The number of nitrogens with zero attached hydrogens (tertiary/aromatic N) is 1. The first-order valence-corrected chi connectivity index (χ1v) is 7.40. The Kier molecular flexibility index (Phi) is 5.10. The van der Waals surface area contributed by atoms with Gasteiger partial charge in [-0.3, -0.25) is 4.79 Å². The molecular weight excluding hydrogens is 332 g/mol. The molecule has 6 heteroatoms. The average molecular weight is 348 g/mol. The Hall–Kier alpha value is -1.01. The lowest BCUT2D eigenvalue weighted by atomic mass is 10.1. The van der Waals surface area contributed by atoms with Gasteiger partial charge in [-0.2, -0.15) is 0 Å². The standard InChI is InChI=1S/C14H16BrF2NO2/c15-9-7-11(16)13(12(17)8-9)14(20)18(5-6-19)10-3-1-2-4-10/h7-8,10,19H,1-6H2. The number of amides is 1. The van der Waals surface area contributed by atoms with Crippen LogP contribution >= 0.6 is 15.9 Å². The fourth-order valence-electron chi connectivity index (χ4n) is 2.66. The van der Waals surface area contributed by atoms with Crippen molar-refractivity contribution in [1.29, 1.82) is 0 Å². The molecule has 0 radical (unpaired) electrons. The lowest BCUT2D eigenvalue weighted by Gasteiger charge is -2.28. The normalized spacial score (nSPS) is 15.6.